The molecule has 0 unspecified atom stereocenters. The zero-order valence-corrected chi connectivity index (χ0v) is 45.1. The maximum atomic E-state index is 4.88. The van der Waals surface area contributed by atoms with Crippen molar-refractivity contribution in [2.75, 3.05) is 0 Å². The van der Waals surface area contributed by atoms with Gasteiger partial charge in [-0.3, -0.25) is 0 Å². The largest absolute Gasteiger partial charge is 0.158 e. The van der Waals surface area contributed by atoms with Crippen molar-refractivity contribution in [3.8, 4) is 0 Å². The van der Waals surface area contributed by atoms with Gasteiger partial charge < -0.3 is 0 Å². The third-order valence-electron chi connectivity index (χ3n) is 11.6. The summed E-state index contributed by atoms with van der Waals surface area (Å²) in [4.78, 5) is 0. The first-order valence-electron chi connectivity index (χ1n) is 20.3. The SMILES string of the molecule is [Cl][Pt][Cl].[Cl][Pt][Cl].c1ccc([PH+](c2ccccc2)C2C([PH+](c3ccccc3)c3ccccc3)C([PH+](c3ccccc3)c3ccccc3)C2[PH+](c2ccccc2)c2ccccc2)cc1. The molecule has 0 saturated heterocycles. The van der Waals surface area contributed by atoms with Crippen molar-refractivity contribution in [3.63, 3.8) is 0 Å². The zero-order chi connectivity index (χ0) is 42.9. The fourth-order valence-corrected chi connectivity index (χ4v) is 27.5. The Bertz CT molecular complexity index is 1940. The normalized spacial score (nSPS) is 16.9. The summed E-state index contributed by atoms with van der Waals surface area (Å²) in [5.41, 5.74) is 1.97. The van der Waals surface area contributed by atoms with E-state index in [-0.39, 0.29) is 0 Å². The van der Waals surface area contributed by atoms with Gasteiger partial charge in [-0.05, 0) is 97.1 Å². The van der Waals surface area contributed by atoms with Crippen LogP contribution in [0.2, 0.25) is 0 Å². The van der Waals surface area contributed by atoms with Gasteiger partial charge >= 0.3 is 70.6 Å². The van der Waals surface area contributed by atoms with Crippen LogP contribution in [0.3, 0.4) is 0 Å². The average Bonchev–Trinajstić information content (AvgIpc) is 3.34. The molecule has 0 spiro atoms. The predicted molar refractivity (Wildman–Crippen MR) is 280 cm³/mol. The van der Waals surface area contributed by atoms with Gasteiger partial charge in [-0.25, -0.2) is 0 Å². The molecule has 8 aromatic rings. The van der Waals surface area contributed by atoms with Crippen molar-refractivity contribution in [1.82, 2.24) is 0 Å². The van der Waals surface area contributed by atoms with E-state index in [4.69, 9.17) is 37.7 Å². The Labute approximate surface area is 406 Å². The van der Waals surface area contributed by atoms with Gasteiger partial charge in [-0.2, -0.15) is 0 Å². The molecule has 1 aliphatic rings. The molecule has 1 aliphatic carbocycles. The van der Waals surface area contributed by atoms with Crippen LogP contribution in [0, 0.1) is 0 Å². The molecule has 0 radical (unpaired) electrons. The van der Waals surface area contributed by atoms with Gasteiger partial charge in [0.05, 0.1) is 74.1 Å². The number of hydrogen-bond donors (Lipinski definition) is 0. The molecule has 0 atom stereocenters. The fourth-order valence-electron chi connectivity index (χ4n) is 9.33. The van der Waals surface area contributed by atoms with E-state index in [1.807, 2.05) is 0 Å². The Hall–Kier alpha value is -1.98. The molecule has 0 aliphatic heterocycles. The molecule has 62 heavy (non-hydrogen) atoms. The van der Waals surface area contributed by atoms with Crippen LogP contribution in [0.15, 0.2) is 243 Å². The number of hydrogen-bond acceptors (Lipinski definition) is 0. The first-order valence-corrected chi connectivity index (χ1v) is 37.8. The van der Waals surface area contributed by atoms with E-state index in [1.54, 1.807) is 0 Å². The topological polar surface area (TPSA) is 0 Å². The summed E-state index contributed by atoms with van der Waals surface area (Å²) in [6.07, 6.45) is 0. The minimum Gasteiger partial charge on any atom is -0.0620 e. The fraction of sp³-hybridized carbons (Fsp3) is 0.0769. The Morgan fingerprint density at radius 2 is 0.306 bits per heavy atom. The zero-order valence-electron chi connectivity index (χ0n) is 33.5. The third-order valence-corrected chi connectivity index (χ3v) is 26.1. The summed E-state index contributed by atoms with van der Waals surface area (Å²) in [5.74, 6) is 0. The first kappa shape index (κ1) is 48.0. The Balaban J connectivity index is 0.000000912. The second kappa shape index (κ2) is 25.6. The molecule has 1 fully saturated rings. The molecule has 320 valence electrons. The van der Waals surface area contributed by atoms with Crippen LogP contribution in [0.5, 0.6) is 0 Å². The standard InChI is InChI=1S/C52H44P4.4ClH.2Pt/c1-9-25-41(26-10-1)53(42-27-11-2-12-28-42)49-50(54(43-29-13-3-14-30-43)44-31-15-4-16-32-44)52(56(47-37-21-7-22-38-47)48-39-23-8-24-40-48)51(49)55(45-33-17-5-18-34-45)46-35-19-6-20-36-46;;;;;;/h1-40,49-52H;4*1H;;/q;;;;;2*+2. The van der Waals surface area contributed by atoms with Crippen LogP contribution in [0.25, 0.3) is 0 Å². The Kier molecular flexibility index (Phi) is 19.8. The monoisotopic (exact) mass is 1330 g/mol. The summed E-state index contributed by atoms with van der Waals surface area (Å²) < 4.78 is 0. The Morgan fingerprint density at radius 1 is 0.210 bits per heavy atom. The van der Waals surface area contributed by atoms with E-state index in [0.29, 0.717) is 22.6 Å². The molecule has 10 heteroatoms. The van der Waals surface area contributed by atoms with E-state index in [0.717, 1.165) is 0 Å². The Morgan fingerprint density at radius 3 is 0.403 bits per heavy atom. The van der Waals surface area contributed by atoms with E-state index >= 15 is 0 Å². The molecule has 0 bridgehead atoms. The molecule has 0 amide bonds. The van der Waals surface area contributed by atoms with Crippen molar-refractivity contribution >= 4 is 112 Å². The van der Waals surface area contributed by atoms with Crippen molar-refractivity contribution in [2.24, 2.45) is 0 Å². The van der Waals surface area contributed by atoms with Crippen molar-refractivity contribution in [1.29, 1.82) is 0 Å². The van der Waals surface area contributed by atoms with Gasteiger partial charge in [-0.15, -0.1) is 0 Å². The summed E-state index contributed by atoms with van der Waals surface area (Å²) >= 11 is -0.944. The summed E-state index contributed by atoms with van der Waals surface area (Å²) in [7, 11) is 14.2. The second-order valence-electron chi connectivity index (χ2n) is 14.8. The maximum absolute atomic E-state index is 4.88. The molecular weight excluding hydrogens is 1280 g/mol. The van der Waals surface area contributed by atoms with Crippen LogP contribution < -0.4 is 42.4 Å². The van der Waals surface area contributed by atoms with Crippen LogP contribution in [0.1, 0.15) is 0 Å². The molecule has 0 nitrogen and oxygen atoms in total. The van der Waals surface area contributed by atoms with Gasteiger partial charge in [-0.1, -0.05) is 146 Å². The van der Waals surface area contributed by atoms with Gasteiger partial charge in [0, 0.05) is 0 Å². The molecular formula is C52H48Cl4P4Pt2+4. The molecule has 8 aromatic carbocycles. The smallest absolute Gasteiger partial charge is 0.0620 e. The van der Waals surface area contributed by atoms with Crippen LogP contribution in [-0.4, -0.2) is 22.6 Å². The van der Waals surface area contributed by atoms with Crippen LogP contribution >= 0.6 is 69.4 Å². The van der Waals surface area contributed by atoms with E-state index in [9.17, 15) is 0 Å². The molecule has 0 aromatic heterocycles. The van der Waals surface area contributed by atoms with E-state index < -0.39 is 64.6 Å². The molecule has 1 saturated carbocycles. The van der Waals surface area contributed by atoms with Gasteiger partial charge in [0.15, 0.2) is 22.6 Å². The predicted octanol–water partition coefficient (Wildman–Crippen LogP) is 11.7. The van der Waals surface area contributed by atoms with Gasteiger partial charge in [0.1, 0.15) is 0 Å². The summed E-state index contributed by atoms with van der Waals surface area (Å²) in [5, 5.41) is 12.2. The number of benzene rings is 8. The van der Waals surface area contributed by atoms with Crippen molar-refractivity contribution in [3.05, 3.63) is 243 Å². The second-order valence-corrected chi connectivity index (χ2v) is 31.9. The maximum Gasteiger partial charge on any atom is 0.158 e. The van der Waals surface area contributed by atoms with Crippen LogP contribution in [0.4, 0.5) is 0 Å². The third kappa shape index (κ3) is 11.9. The molecule has 0 heterocycles. The number of rotatable bonds is 12. The van der Waals surface area contributed by atoms with E-state index in [1.165, 1.54) is 42.4 Å². The molecule has 9 rings (SSSR count). The first-order chi connectivity index (χ1) is 30.7. The van der Waals surface area contributed by atoms with E-state index in [2.05, 4.69) is 243 Å². The number of halogens is 4. The van der Waals surface area contributed by atoms with Gasteiger partial charge in [0.2, 0.25) is 0 Å². The average molecular weight is 1330 g/mol. The van der Waals surface area contributed by atoms with Crippen molar-refractivity contribution in [2.45, 2.75) is 22.6 Å². The minimum atomic E-state index is -1.32. The van der Waals surface area contributed by atoms with Crippen LogP contribution in [-0.2, 0) is 33.0 Å². The quantitative estimate of drug-likeness (QED) is 0.107. The summed E-state index contributed by atoms with van der Waals surface area (Å²) in [6.45, 7) is 0. The van der Waals surface area contributed by atoms with Crippen molar-refractivity contribution < 1.29 is 33.0 Å². The van der Waals surface area contributed by atoms with Gasteiger partial charge in [0.25, 0.3) is 0 Å². The molecule has 0 N–H and O–H groups in total. The minimum absolute atomic E-state index is 0.472. The summed E-state index contributed by atoms with van der Waals surface area (Å²) in [6, 6.07) is 93.4.